The van der Waals surface area contributed by atoms with E-state index in [2.05, 4.69) is 15.9 Å². The molecule has 0 aliphatic heterocycles. The molecule has 0 rings (SSSR count). The molecule has 0 aromatic heterocycles. The Morgan fingerprint density at radius 1 is 0.526 bits per heavy atom. The predicted molar refractivity (Wildman–Crippen MR) is 76.9 cm³/mol. The zero-order chi connectivity index (χ0) is 14.0. The second-order valence-electron chi connectivity index (χ2n) is 3.54. The number of ether oxygens (including phenoxy) is 5. The molecule has 0 aliphatic rings. The van der Waals surface area contributed by atoms with E-state index < -0.39 is 0 Å². The predicted octanol–water partition coefficient (Wildman–Crippen LogP) is 0.423. The van der Waals surface area contributed by atoms with Crippen molar-refractivity contribution in [3.63, 3.8) is 0 Å². The molecule has 0 aromatic rings. The first-order valence-corrected chi connectivity index (χ1v) is 7.68. The van der Waals surface area contributed by atoms with E-state index in [-0.39, 0.29) is 0 Å². The molecule has 19 heavy (non-hydrogen) atoms. The second-order valence-corrected chi connectivity index (χ2v) is 4.33. The summed E-state index contributed by atoms with van der Waals surface area (Å²) in [6.07, 6.45) is 0. The van der Waals surface area contributed by atoms with Crippen LogP contribution < -0.4 is 5.73 Å². The molecule has 6 nitrogen and oxygen atoms in total. The van der Waals surface area contributed by atoms with Crippen molar-refractivity contribution in [2.75, 3.05) is 77.9 Å². The minimum Gasteiger partial charge on any atom is -0.378 e. The average Bonchev–Trinajstić information content (AvgIpc) is 2.43. The van der Waals surface area contributed by atoms with Crippen LogP contribution in [-0.4, -0.2) is 77.9 Å². The van der Waals surface area contributed by atoms with Gasteiger partial charge in [0.1, 0.15) is 0 Å². The first-order valence-electron chi connectivity index (χ1n) is 6.56. The van der Waals surface area contributed by atoms with Crippen molar-refractivity contribution in [1.29, 1.82) is 0 Å². The number of hydrogen-bond acceptors (Lipinski definition) is 6. The van der Waals surface area contributed by atoms with Crippen molar-refractivity contribution >= 4 is 15.9 Å². The van der Waals surface area contributed by atoms with Crippen LogP contribution in [0, 0.1) is 0 Å². The lowest BCUT2D eigenvalue weighted by Crippen LogP contribution is -2.14. The summed E-state index contributed by atoms with van der Waals surface area (Å²) in [5.74, 6) is 0. The van der Waals surface area contributed by atoms with E-state index in [9.17, 15) is 0 Å². The van der Waals surface area contributed by atoms with Crippen molar-refractivity contribution in [3.8, 4) is 0 Å². The summed E-state index contributed by atoms with van der Waals surface area (Å²) in [6.45, 7) is 6.51. The zero-order valence-electron chi connectivity index (χ0n) is 11.5. The van der Waals surface area contributed by atoms with Crippen LogP contribution in [0.5, 0.6) is 0 Å². The Morgan fingerprint density at radius 3 is 1.16 bits per heavy atom. The van der Waals surface area contributed by atoms with E-state index in [4.69, 9.17) is 29.4 Å². The van der Waals surface area contributed by atoms with Crippen molar-refractivity contribution in [2.24, 2.45) is 5.73 Å². The summed E-state index contributed by atoms with van der Waals surface area (Å²) >= 11 is 3.28. The van der Waals surface area contributed by atoms with Crippen LogP contribution >= 0.6 is 15.9 Å². The molecule has 2 N–H and O–H groups in total. The molecule has 0 saturated carbocycles. The number of halogens is 1. The van der Waals surface area contributed by atoms with Gasteiger partial charge in [0, 0.05) is 11.9 Å². The third-order valence-electron chi connectivity index (χ3n) is 1.97. The standard InChI is InChI=1S/C12H26BrNO5/c13-1-3-15-5-7-17-9-11-19-12-10-18-8-6-16-4-2-14/h1-12,14H2. The lowest BCUT2D eigenvalue weighted by atomic mass is 10.7. The van der Waals surface area contributed by atoms with Gasteiger partial charge in [-0.15, -0.1) is 0 Å². The van der Waals surface area contributed by atoms with Gasteiger partial charge in [-0.2, -0.15) is 0 Å². The van der Waals surface area contributed by atoms with Gasteiger partial charge in [-0.1, -0.05) is 15.9 Å². The van der Waals surface area contributed by atoms with E-state index in [1.807, 2.05) is 0 Å². The number of rotatable bonds is 16. The van der Waals surface area contributed by atoms with Crippen LogP contribution in [0.4, 0.5) is 0 Å². The van der Waals surface area contributed by atoms with E-state index in [0.717, 1.165) is 5.33 Å². The summed E-state index contributed by atoms with van der Waals surface area (Å²) in [5.41, 5.74) is 5.28. The number of nitrogens with two attached hydrogens (primary N) is 1. The molecule has 0 aromatic carbocycles. The van der Waals surface area contributed by atoms with E-state index in [1.54, 1.807) is 0 Å². The highest BCUT2D eigenvalue weighted by molar-refractivity contribution is 9.09. The molecular formula is C12H26BrNO5. The highest BCUT2D eigenvalue weighted by atomic mass is 79.9. The van der Waals surface area contributed by atoms with E-state index in [0.29, 0.717) is 72.6 Å². The first-order chi connectivity index (χ1) is 9.41. The van der Waals surface area contributed by atoms with Gasteiger partial charge in [-0.05, 0) is 0 Å². The summed E-state index contributed by atoms with van der Waals surface area (Å²) in [4.78, 5) is 0. The Balaban J connectivity index is 2.88. The van der Waals surface area contributed by atoms with Crippen LogP contribution in [0.1, 0.15) is 0 Å². The summed E-state index contributed by atoms with van der Waals surface area (Å²) in [7, 11) is 0. The van der Waals surface area contributed by atoms with Crippen LogP contribution in [0.2, 0.25) is 0 Å². The van der Waals surface area contributed by atoms with Gasteiger partial charge in [0.2, 0.25) is 0 Å². The maximum Gasteiger partial charge on any atom is 0.0701 e. The normalized spacial score (nSPS) is 11.1. The Bertz CT molecular complexity index is 149. The van der Waals surface area contributed by atoms with Crippen LogP contribution in [0.3, 0.4) is 0 Å². The third kappa shape index (κ3) is 18.2. The highest BCUT2D eigenvalue weighted by Gasteiger charge is 1.92. The monoisotopic (exact) mass is 343 g/mol. The Labute approximate surface area is 124 Å². The van der Waals surface area contributed by atoms with E-state index in [1.165, 1.54) is 0 Å². The molecule has 0 radical (unpaired) electrons. The first kappa shape index (κ1) is 19.2. The fraction of sp³-hybridized carbons (Fsp3) is 1.00. The molecule has 0 saturated heterocycles. The zero-order valence-corrected chi connectivity index (χ0v) is 13.1. The van der Waals surface area contributed by atoms with Crippen molar-refractivity contribution < 1.29 is 23.7 Å². The van der Waals surface area contributed by atoms with Gasteiger partial charge in [-0.3, -0.25) is 0 Å². The molecule has 0 fully saturated rings. The van der Waals surface area contributed by atoms with Gasteiger partial charge >= 0.3 is 0 Å². The van der Waals surface area contributed by atoms with E-state index >= 15 is 0 Å². The molecule has 116 valence electrons. The highest BCUT2D eigenvalue weighted by Crippen LogP contribution is 1.85. The molecular weight excluding hydrogens is 318 g/mol. The van der Waals surface area contributed by atoms with Gasteiger partial charge in [0.25, 0.3) is 0 Å². The maximum atomic E-state index is 5.33. The molecule has 0 unspecified atom stereocenters. The van der Waals surface area contributed by atoms with Crippen LogP contribution in [0.25, 0.3) is 0 Å². The number of alkyl halides is 1. The molecule has 0 aliphatic carbocycles. The average molecular weight is 344 g/mol. The Hall–Kier alpha value is 0.240. The largest absolute Gasteiger partial charge is 0.378 e. The van der Waals surface area contributed by atoms with Crippen molar-refractivity contribution in [3.05, 3.63) is 0 Å². The molecule has 0 bridgehead atoms. The molecule has 0 atom stereocenters. The molecule has 0 heterocycles. The lowest BCUT2D eigenvalue weighted by molar-refractivity contribution is -0.00948. The Morgan fingerprint density at radius 2 is 0.842 bits per heavy atom. The number of hydrogen-bond donors (Lipinski definition) is 1. The Kier molecular flexibility index (Phi) is 18.5. The summed E-state index contributed by atoms with van der Waals surface area (Å²) in [5, 5.41) is 0.855. The van der Waals surface area contributed by atoms with Gasteiger partial charge in [0.15, 0.2) is 0 Å². The fourth-order valence-electron chi connectivity index (χ4n) is 1.12. The second kappa shape index (κ2) is 18.2. The van der Waals surface area contributed by atoms with Crippen molar-refractivity contribution in [2.45, 2.75) is 0 Å². The van der Waals surface area contributed by atoms with Gasteiger partial charge in [-0.25, -0.2) is 0 Å². The van der Waals surface area contributed by atoms with Gasteiger partial charge < -0.3 is 29.4 Å². The quantitative estimate of drug-likeness (QED) is 0.323. The SMILES string of the molecule is NCCOCCOCCOCCOCCOCCBr. The minimum atomic E-state index is 0.546. The smallest absolute Gasteiger partial charge is 0.0701 e. The fourth-order valence-corrected chi connectivity index (χ4v) is 1.35. The maximum absolute atomic E-state index is 5.33. The summed E-state index contributed by atoms with van der Waals surface area (Å²) in [6, 6.07) is 0. The topological polar surface area (TPSA) is 72.2 Å². The minimum absolute atomic E-state index is 0.546. The van der Waals surface area contributed by atoms with Crippen LogP contribution in [0.15, 0.2) is 0 Å². The molecule has 0 amide bonds. The summed E-state index contributed by atoms with van der Waals surface area (Å²) < 4.78 is 26.3. The van der Waals surface area contributed by atoms with Gasteiger partial charge in [0.05, 0.1) is 66.1 Å². The third-order valence-corrected chi connectivity index (χ3v) is 2.30. The van der Waals surface area contributed by atoms with Crippen molar-refractivity contribution in [1.82, 2.24) is 0 Å². The lowest BCUT2D eigenvalue weighted by Gasteiger charge is -2.07. The van der Waals surface area contributed by atoms with Crippen LogP contribution in [-0.2, 0) is 23.7 Å². The molecule has 7 heteroatoms. The molecule has 0 spiro atoms.